The molecule has 1 heterocycles. The molecule has 0 amide bonds. The maximum Gasteiger partial charge on any atom is 0.134 e. The second-order valence-corrected chi connectivity index (χ2v) is 5.15. The van der Waals surface area contributed by atoms with Crippen LogP contribution in [0.25, 0.3) is 0 Å². The fraction of sp³-hybridized carbons (Fsp3) is 0.467. The number of benzene rings is 1. The molecule has 2 aromatic rings. The van der Waals surface area contributed by atoms with Gasteiger partial charge in [-0.15, -0.1) is 5.10 Å². The Hall–Kier alpha value is -1.88. The highest BCUT2D eigenvalue weighted by atomic mass is 16.5. The smallest absolute Gasteiger partial charge is 0.134 e. The molecule has 106 valence electrons. The highest BCUT2D eigenvalue weighted by molar-refractivity contribution is 5.45. The maximum atomic E-state index is 5.93. The van der Waals surface area contributed by atoms with Crippen molar-refractivity contribution in [1.29, 1.82) is 0 Å². The number of ether oxygens (including phenoxy) is 1. The molecule has 5 nitrogen and oxygen atoms in total. The molecule has 3 rings (SSSR count). The molecule has 1 atom stereocenters. The molecule has 0 bridgehead atoms. The van der Waals surface area contributed by atoms with Crippen LogP contribution in [0.4, 0.5) is 0 Å². The van der Waals surface area contributed by atoms with Gasteiger partial charge in [0, 0.05) is 13.1 Å². The SMILES string of the molecule is CCNC1CCc2c(OCc3cn(C)nn3)cccc21. The summed E-state index contributed by atoms with van der Waals surface area (Å²) >= 11 is 0. The summed E-state index contributed by atoms with van der Waals surface area (Å²) in [5.41, 5.74) is 3.57. The first-order valence-corrected chi connectivity index (χ1v) is 7.11. The van der Waals surface area contributed by atoms with E-state index in [1.54, 1.807) is 4.68 Å². The molecule has 0 saturated heterocycles. The van der Waals surface area contributed by atoms with Crippen molar-refractivity contribution in [3.05, 3.63) is 41.2 Å². The van der Waals surface area contributed by atoms with Crippen molar-refractivity contribution in [2.45, 2.75) is 32.4 Å². The number of aromatic nitrogens is 3. The van der Waals surface area contributed by atoms with E-state index >= 15 is 0 Å². The summed E-state index contributed by atoms with van der Waals surface area (Å²) in [6, 6.07) is 6.78. The number of hydrogen-bond donors (Lipinski definition) is 1. The van der Waals surface area contributed by atoms with Gasteiger partial charge in [-0.05, 0) is 36.6 Å². The van der Waals surface area contributed by atoms with Crippen molar-refractivity contribution in [2.24, 2.45) is 7.05 Å². The molecule has 1 N–H and O–H groups in total. The molecule has 1 aromatic heterocycles. The van der Waals surface area contributed by atoms with Crippen LogP contribution in [0.15, 0.2) is 24.4 Å². The lowest BCUT2D eigenvalue weighted by Crippen LogP contribution is -2.18. The van der Waals surface area contributed by atoms with E-state index in [0.29, 0.717) is 12.6 Å². The van der Waals surface area contributed by atoms with Gasteiger partial charge in [0.1, 0.15) is 18.1 Å². The van der Waals surface area contributed by atoms with Crippen molar-refractivity contribution in [2.75, 3.05) is 6.54 Å². The molecule has 0 aliphatic heterocycles. The van der Waals surface area contributed by atoms with E-state index in [4.69, 9.17) is 4.74 Å². The minimum atomic E-state index is 0.468. The third-order valence-electron chi connectivity index (χ3n) is 3.70. The average Bonchev–Trinajstić information content (AvgIpc) is 3.04. The van der Waals surface area contributed by atoms with Crippen LogP contribution in [-0.4, -0.2) is 21.5 Å². The zero-order chi connectivity index (χ0) is 13.9. The van der Waals surface area contributed by atoms with E-state index < -0.39 is 0 Å². The summed E-state index contributed by atoms with van der Waals surface area (Å²) in [6.07, 6.45) is 4.10. The number of fused-ring (bicyclic) bond motifs is 1. The molecule has 0 radical (unpaired) electrons. The van der Waals surface area contributed by atoms with Gasteiger partial charge >= 0.3 is 0 Å². The molecule has 0 fully saturated rings. The van der Waals surface area contributed by atoms with E-state index in [2.05, 4.69) is 34.7 Å². The van der Waals surface area contributed by atoms with E-state index in [1.165, 1.54) is 11.1 Å². The molecule has 5 heteroatoms. The Morgan fingerprint density at radius 2 is 2.35 bits per heavy atom. The Kier molecular flexibility index (Phi) is 3.69. The van der Waals surface area contributed by atoms with Crippen LogP contribution in [0.5, 0.6) is 5.75 Å². The number of rotatable bonds is 5. The van der Waals surface area contributed by atoms with Crippen molar-refractivity contribution < 1.29 is 4.74 Å². The molecule has 0 saturated carbocycles. The van der Waals surface area contributed by atoms with Crippen molar-refractivity contribution >= 4 is 0 Å². The summed E-state index contributed by atoms with van der Waals surface area (Å²) in [6.45, 7) is 3.61. The predicted octanol–water partition coefficient (Wildman–Crippen LogP) is 1.99. The summed E-state index contributed by atoms with van der Waals surface area (Å²) in [4.78, 5) is 0. The number of hydrogen-bond acceptors (Lipinski definition) is 4. The van der Waals surface area contributed by atoms with Gasteiger partial charge in [0.05, 0.1) is 6.20 Å². The normalized spacial score (nSPS) is 17.2. The van der Waals surface area contributed by atoms with Crippen molar-refractivity contribution in [3.63, 3.8) is 0 Å². The number of aryl methyl sites for hydroxylation is 1. The summed E-state index contributed by atoms with van der Waals surface area (Å²) in [5, 5.41) is 11.5. The second-order valence-electron chi connectivity index (χ2n) is 5.15. The van der Waals surface area contributed by atoms with Gasteiger partial charge in [-0.3, -0.25) is 4.68 Å². The van der Waals surface area contributed by atoms with E-state index in [0.717, 1.165) is 30.8 Å². The van der Waals surface area contributed by atoms with Crippen molar-refractivity contribution in [1.82, 2.24) is 20.3 Å². The Labute approximate surface area is 118 Å². The first-order valence-electron chi connectivity index (χ1n) is 7.11. The van der Waals surface area contributed by atoms with Crippen LogP contribution in [0.2, 0.25) is 0 Å². The fourth-order valence-corrected chi connectivity index (χ4v) is 2.83. The molecule has 1 aliphatic carbocycles. The van der Waals surface area contributed by atoms with Gasteiger partial charge in [0.15, 0.2) is 0 Å². The zero-order valence-corrected chi connectivity index (χ0v) is 12.0. The Morgan fingerprint density at radius 3 is 3.10 bits per heavy atom. The first kappa shape index (κ1) is 13.1. The lowest BCUT2D eigenvalue weighted by molar-refractivity contribution is 0.298. The largest absolute Gasteiger partial charge is 0.487 e. The third-order valence-corrected chi connectivity index (χ3v) is 3.70. The molecule has 20 heavy (non-hydrogen) atoms. The van der Waals surface area contributed by atoms with Crippen LogP contribution in [0.1, 0.15) is 36.2 Å². The maximum absolute atomic E-state index is 5.93. The lowest BCUT2D eigenvalue weighted by Gasteiger charge is -2.13. The van der Waals surface area contributed by atoms with Crippen LogP contribution in [0.3, 0.4) is 0 Å². The number of nitrogens with zero attached hydrogens (tertiary/aromatic N) is 3. The highest BCUT2D eigenvalue weighted by Crippen LogP contribution is 2.37. The molecular formula is C15H20N4O. The fourth-order valence-electron chi connectivity index (χ4n) is 2.83. The van der Waals surface area contributed by atoms with Crippen LogP contribution < -0.4 is 10.1 Å². The summed E-state index contributed by atoms with van der Waals surface area (Å²) < 4.78 is 7.62. The minimum Gasteiger partial charge on any atom is -0.487 e. The van der Waals surface area contributed by atoms with Gasteiger partial charge in [0.25, 0.3) is 0 Å². The minimum absolute atomic E-state index is 0.468. The lowest BCUT2D eigenvalue weighted by atomic mass is 10.1. The Balaban J connectivity index is 1.75. The van der Waals surface area contributed by atoms with E-state index in [1.807, 2.05) is 19.3 Å². The molecule has 1 aliphatic rings. The molecule has 0 spiro atoms. The van der Waals surface area contributed by atoms with Gasteiger partial charge in [-0.2, -0.15) is 0 Å². The predicted molar refractivity (Wildman–Crippen MR) is 76.5 cm³/mol. The van der Waals surface area contributed by atoms with E-state index in [-0.39, 0.29) is 0 Å². The third kappa shape index (κ3) is 2.54. The van der Waals surface area contributed by atoms with Gasteiger partial charge < -0.3 is 10.1 Å². The average molecular weight is 272 g/mol. The number of nitrogens with one attached hydrogen (secondary N) is 1. The monoisotopic (exact) mass is 272 g/mol. The molecular weight excluding hydrogens is 252 g/mol. The molecule has 1 unspecified atom stereocenters. The van der Waals surface area contributed by atoms with Gasteiger partial charge in [-0.25, -0.2) is 0 Å². The van der Waals surface area contributed by atoms with Crippen LogP contribution >= 0.6 is 0 Å². The summed E-state index contributed by atoms with van der Waals surface area (Å²) in [7, 11) is 1.86. The Morgan fingerprint density at radius 1 is 1.45 bits per heavy atom. The van der Waals surface area contributed by atoms with Crippen LogP contribution in [-0.2, 0) is 20.1 Å². The Bertz CT molecular complexity index is 593. The van der Waals surface area contributed by atoms with E-state index in [9.17, 15) is 0 Å². The van der Waals surface area contributed by atoms with Gasteiger partial charge in [0.2, 0.25) is 0 Å². The van der Waals surface area contributed by atoms with Crippen molar-refractivity contribution in [3.8, 4) is 5.75 Å². The van der Waals surface area contributed by atoms with Gasteiger partial charge in [-0.1, -0.05) is 24.3 Å². The topological polar surface area (TPSA) is 52.0 Å². The standard InChI is InChI=1S/C15H20N4O/c1-3-16-14-8-7-13-12(14)5-4-6-15(13)20-10-11-9-19(2)18-17-11/h4-6,9,14,16H,3,7-8,10H2,1-2H3. The summed E-state index contributed by atoms with van der Waals surface area (Å²) in [5.74, 6) is 0.980. The highest BCUT2D eigenvalue weighted by Gasteiger charge is 2.24. The molecule has 1 aromatic carbocycles. The first-order chi connectivity index (χ1) is 9.78. The zero-order valence-electron chi connectivity index (χ0n) is 12.0. The van der Waals surface area contributed by atoms with Crippen LogP contribution in [0, 0.1) is 0 Å². The quantitative estimate of drug-likeness (QED) is 0.904. The second kappa shape index (κ2) is 5.63.